The topological polar surface area (TPSA) is 43.4 Å². The van der Waals surface area contributed by atoms with Gasteiger partial charge in [0, 0.05) is 17.9 Å². The van der Waals surface area contributed by atoms with Crippen LogP contribution < -0.4 is 0 Å². The van der Waals surface area contributed by atoms with Crippen molar-refractivity contribution in [2.24, 2.45) is 5.41 Å². The average molecular weight is 258 g/mol. The number of rotatable bonds is 2. The van der Waals surface area contributed by atoms with E-state index in [2.05, 4.69) is 6.07 Å². The second-order valence-corrected chi connectivity index (χ2v) is 5.67. The van der Waals surface area contributed by atoms with Crippen LogP contribution in [-0.4, -0.2) is 11.8 Å². The maximum absolute atomic E-state index is 12.3. The molecule has 1 aliphatic rings. The molecule has 3 heteroatoms. The highest BCUT2D eigenvalue weighted by Crippen LogP contribution is 2.37. The van der Waals surface area contributed by atoms with Crippen LogP contribution in [0.2, 0.25) is 0 Å². The Morgan fingerprint density at radius 2 is 2.05 bits per heavy atom. The molecule has 0 atom stereocenters. The van der Waals surface area contributed by atoms with Gasteiger partial charge in [-0.2, -0.15) is 0 Å². The highest BCUT2D eigenvalue weighted by atomic mass is 16.5. The van der Waals surface area contributed by atoms with Crippen molar-refractivity contribution in [2.45, 2.75) is 34.1 Å². The molecule has 1 aromatic carbocycles. The summed E-state index contributed by atoms with van der Waals surface area (Å²) in [5.41, 5.74) is 3.57. The van der Waals surface area contributed by atoms with Crippen LogP contribution in [0.15, 0.2) is 18.4 Å². The number of ketones is 1. The lowest BCUT2D eigenvalue weighted by Crippen LogP contribution is -2.18. The van der Waals surface area contributed by atoms with E-state index in [1.54, 1.807) is 6.08 Å². The maximum Gasteiger partial charge on any atom is 0.307 e. The van der Waals surface area contributed by atoms with Crippen molar-refractivity contribution in [1.82, 2.24) is 0 Å². The molecule has 3 nitrogen and oxygen atoms in total. The minimum Gasteiger partial charge on any atom is -0.435 e. The number of carbonyl (C=O) groups excluding carboxylic acids is 2. The van der Waals surface area contributed by atoms with Crippen molar-refractivity contribution in [3.63, 3.8) is 0 Å². The van der Waals surface area contributed by atoms with Crippen molar-refractivity contribution in [3.05, 3.63) is 40.6 Å². The van der Waals surface area contributed by atoms with E-state index < -0.39 is 0 Å². The predicted octanol–water partition coefficient (Wildman–Crippen LogP) is 3.29. The van der Waals surface area contributed by atoms with E-state index in [1.807, 2.05) is 26.8 Å². The second kappa shape index (κ2) is 4.65. The molecular formula is C16H18O3. The van der Waals surface area contributed by atoms with Gasteiger partial charge in [-0.25, -0.2) is 0 Å². The minimum atomic E-state index is -0.354. The lowest BCUT2D eigenvalue weighted by molar-refractivity contribution is -0.135. The first-order valence-electron chi connectivity index (χ1n) is 6.33. The first-order chi connectivity index (χ1) is 8.81. The fourth-order valence-electron chi connectivity index (χ4n) is 2.45. The molecule has 0 radical (unpaired) electrons. The number of carbonyl (C=O) groups is 2. The van der Waals surface area contributed by atoms with Gasteiger partial charge in [0.1, 0.15) is 0 Å². The summed E-state index contributed by atoms with van der Waals surface area (Å²) in [6, 6.07) is 3.94. The molecule has 0 spiro atoms. The van der Waals surface area contributed by atoms with Crippen LogP contribution in [0.5, 0.6) is 0 Å². The third kappa shape index (κ3) is 2.60. The summed E-state index contributed by atoms with van der Waals surface area (Å²) in [5, 5.41) is 0. The molecule has 0 N–H and O–H groups in total. The predicted molar refractivity (Wildman–Crippen MR) is 73.8 cm³/mol. The Kier molecular flexibility index (Phi) is 3.31. The first-order valence-corrected chi connectivity index (χ1v) is 6.33. The zero-order chi connectivity index (χ0) is 14.2. The fourth-order valence-corrected chi connectivity index (χ4v) is 2.45. The average Bonchev–Trinajstić information content (AvgIpc) is 2.50. The van der Waals surface area contributed by atoms with E-state index in [0.29, 0.717) is 0 Å². The Balaban J connectivity index is 2.36. The number of benzene rings is 1. The van der Waals surface area contributed by atoms with Crippen LogP contribution >= 0.6 is 0 Å². The molecule has 19 heavy (non-hydrogen) atoms. The van der Waals surface area contributed by atoms with Crippen molar-refractivity contribution >= 4 is 17.8 Å². The van der Waals surface area contributed by atoms with Crippen LogP contribution in [-0.2, 0) is 16.0 Å². The zero-order valence-electron chi connectivity index (χ0n) is 11.7. The molecule has 0 heterocycles. The minimum absolute atomic E-state index is 0.185. The Hall–Kier alpha value is -1.90. The molecular weight excluding hydrogens is 240 g/mol. The second-order valence-electron chi connectivity index (χ2n) is 5.67. The van der Waals surface area contributed by atoms with Crippen LogP contribution in [0.1, 0.15) is 47.8 Å². The molecule has 1 aliphatic carbocycles. The number of Topliss-reactive ketones (excluding diaryl/α,β-unsaturated/α-hetero) is 1. The highest BCUT2D eigenvalue weighted by Gasteiger charge is 2.37. The monoisotopic (exact) mass is 258 g/mol. The number of hydrogen-bond acceptors (Lipinski definition) is 3. The molecule has 0 fully saturated rings. The van der Waals surface area contributed by atoms with Crippen LogP contribution in [0.25, 0.3) is 6.08 Å². The van der Waals surface area contributed by atoms with Gasteiger partial charge in [0.2, 0.25) is 0 Å². The summed E-state index contributed by atoms with van der Waals surface area (Å²) in [4.78, 5) is 23.0. The third-order valence-electron chi connectivity index (χ3n) is 3.47. The van der Waals surface area contributed by atoms with Gasteiger partial charge >= 0.3 is 5.97 Å². The molecule has 100 valence electrons. The van der Waals surface area contributed by atoms with Gasteiger partial charge < -0.3 is 4.74 Å². The van der Waals surface area contributed by atoms with Crippen LogP contribution in [0, 0.1) is 12.3 Å². The summed E-state index contributed by atoms with van der Waals surface area (Å²) in [7, 11) is 0. The van der Waals surface area contributed by atoms with E-state index in [-0.39, 0.29) is 17.2 Å². The first kappa shape index (κ1) is 13.5. The molecule has 0 unspecified atom stereocenters. The van der Waals surface area contributed by atoms with E-state index in [9.17, 15) is 9.59 Å². The summed E-state index contributed by atoms with van der Waals surface area (Å²) in [6.07, 6.45) is 3.87. The third-order valence-corrected chi connectivity index (χ3v) is 3.47. The Bertz CT molecular complexity index is 580. The van der Waals surface area contributed by atoms with Crippen molar-refractivity contribution in [3.8, 4) is 0 Å². The number of ether oxygens (including phenoxy) is 1. The normalized spacial score (nSPS) is 16.7. The molecule has 0 saturated carbocycles. The molecule has 0 aromatic heterocycles. The molecule has 0 bridgehead atoms. The summed E-state index contributed by atoms with van der Waals surface area (Å²) >= 11 is 0. The van der Waals surface area contributed by atoms with E-state index in [1.165, 1.54) is 13.2 Å². The molecule has 2 rings (SSSR count). The smallest absolute Gasteiger partial charge is 0.307 e. The van der Waals surface area contributed by atoms with Gasteiger partial charge in [0.15, 0.2) is 5.78 Å². The van der Waals surface area contributed by atoms with Gasteiger partial charge in [-0.05, 0) is 42.2 Å². The Morgan fingerprint density at radius 1 is 1.37 bits per heavy atom. The lowest BCUT2D eigenvalue weighted by Gasteiger charge is -2.12. The molecule has 0 aliphatic heterocycles. The van der Waals surface area contributed by atoms with Crippen molar-refractivity contribution < 1.29 is 14.3 Å². The van der Waals surface area contributed by atoms with Gasteiger partial charge in [-0.15, -0.1) is 0 Å². The Morgan fingerprint density at radius 3 is 2.68 bits per heavy atom. The number of fused-ring (bicyclic) bond motifs is 1. The summed E-state index contributed by atoms with van der Waals surface area (Å²) in [6.45, 7) is 7.29. The van der Waals surface area contributed by atoms with Gasteiger partial charge in [0.25, 0.3) is 0 Å². The van der Waals surface area contributed by atoms with Crippen LogP contribution in [0.4, 0.5) is 0 Å². The molecule has 1 aromatic rings. The number of esters is 1. The van der Waals surface area contributed by atoms with E-state index >= 15 is 0 Å². The maximum atomic E-state index is 12.3. The van der Waals surface area contributed by atoms with Crippen molar-refractivity contribution in [1.29, 1.82) is 0 Å². The number of hydrogen-bond donors (Lipinski definition) is 0. The quantitative estimate of drug-likeness (QED) is 0.604. The SMILES string of the molecule is CC(=O)O/C=C\c1cc2c(cc1C)CC(C)(C)C2=O. The highest BCUT2D eigenvalue weighted by molar-refractivity contribution is 6.05. The summed E-state index contributed by atoms with van der Waals surface area (Å²) < 4.78 is 4.78. The largest absolute Gasteiger partial charge is 0.435 e. The molecule has 0 amide bonds. The standard InChI is InChI=1S/C16H18O3/c1-10-7-13-9-16(3,4)15(18)14(13)8-12(10)5-6-19-11(2)17/h5-8H,9H2,1-4H3/b6-5-. The number of aryl methyl sites for hydroxylation is 1. The van der Waals surface area contributed by atoms with Crippen molar-refractivity contribution in [2.75, 3.05) is 0 Å². The Labute approximate surface area is 113 Å². The van der Waals surface area contributed by atoms with Gasteiger partial charge in [-0.3, -0.25) is 9.59 Å². The lowest BCUT2D eigenvalue weighted by atomic mass is 9.89. The van der Waals surface area contributed by atoms with Gasteiger partial charge in [-0.1, -0.05) is 19.9 Å². The van der Waals surface area contributed by atoms with E-state index in [4.69, 9.17) is 4.74 Å². The summed E-state index contributed by atoms with van der Waals surface area (Å²) in [5.74, 6) is -0.170. The zero-order valence-corrected chi connectivity index (χ0v) is 11.7. The van der Waals surface area contributed by atoms with Crippen LogP contribution in [0.3, 0.4) is 0 Å². The fraction of sp³-hybridized carbons (Fsp3) is 0.375. The van der Waals surface area contributed by atoms with Gasteiger partial charge in [0.05, 0.1) is 6.26 Å². The van der Waals surface area contributed by atoms with E-state index in [0.717, 1.165) is 28.7 Å². The molecule has 0 saturated heterocycles.